The van der Waals surface area contributed by atoms with Gasteiger partial charge in [0.2, 0.25) is 5.89 Å². The monoisotopic (exact) mass is 414 g/mol. The highest BCUT2D eigenvalue weighted by molar-refractivity contribution is 5.93. The summed E-state index contributed by atoms with van der Waals surface area (Å²) in [6.45, 7) is 8.05. The van der Waals surface area contributed by atoms with E-state index in [1.165, 1.54) is 5.56 Å². The molecule has 0 unspecified atom stereocenters. The van der Waals surface area contributed by atoms with Crippen molar-refractivity contribution in [1.29, 1.82) is 0 Å². The first-order valence-corrected chi connectivity index (χ1v) is 10.4. The molecule has 5 nitrogen and oxygen atoms in total. The molecule has 0 aliphatic carbocycles. The normalized spacial score (nSPS) is 11.0. The van der Waals surface area contributed by atoms with Crippen molar-refractivity contribution in [2.75, 3.05) is 11.9 Å². The fourth-order valence-corrected chi connectivity index (χ4v) is 3.55. The van der Waals surface area contributed by atoms with Crippen molar-refractivity contribution >= 4 is 22.7 Å². The molecule has 1 amide bonds. The molecule has 0 aliphatic rings. The second-order valence-electron chi connectivity index (χ2n) is 7.81. The van der Waals surface area contributed by atoms with E-state index in [4.69, 9.17) is 9.15 Å². The van der Waals surface area contributed by atoms with Crippen LogP contribution >= 0.6 is 0 Å². The summed E-state index contributed by atoms with van der Waals surface area (Å²) < 4.78 is 11.6. The molecule has 0 saturated heterocycles. The molecule has 0 fully saturated rings. The molecule has 1 N–H and O–H groups in total. The summed E-state index contributed by atoms with van der Waals surface area (Å²) >= 11 is 0. The Bertz CT molecular complexity index is 1240. The Morgan fingerprint density at radius 2 is 1.77 bits per heavy atom. The highest BCUT2D eigenvalue weighted by atomic mass is 16.5. The molecule has 0 aliphatic heterocycles. The molecule has 0 saturated carbocycles. The highest BCUT2D eigenvalue weighted by Crippen LogP contribution is 2.30. The van der Waals surface area contributed by atoms with Crippen LogP contribution in [0.2, 0.25) is 0 Å². The minimum atomic E-state index is -0.219. The zero-order chi connectivity index (χ0) is 22.0. The molecule has 5 heteroatoms. The van der Waals surface area contributed by atoms with Crippen molar-refractivity contribution in [1.82, 2.24) is 4.98 Å². The van der Waals surface area contributed by atoms with Crippen LogP contribution in [-0.2, 0) is 11.2 Å². The number of nitrogens with one attached hydrogen (secondary N) is 1. The fourth-order valence-electron chi connectivity index (χ4n) is 3.55. The molecule has 3 aromatic carbocycles. The Kier molecular flexibility index (Phi) is 5.76. The summed E-state index contributed by atoms with van der Waals surface area (Å²) in [5.41, 5.74) is 7.52. The van der Waals surface area contributed by atoms with Gasteiger partial charge in [-0.05, 0) is 79.8 Å². The Balaban J connectivity index is 1.49. The topological polar surface area (TPSA) is 64.4 Å². The Hall–Kier alpha value is -3.60. The lowest BCUT2D eigenvalue weighted by atomic mass is 10.1. The smallest absolute Gasteiger partial charge is 0.262 e. The minimum Gasteiger partial charge on any atom is -0.484 e. The van der Waals surface area contributed by atoms with Gasteiger partial charge in [-0.25, -0.2) is 4.98 Å². The molecule has 0 atom stereocenters. The summed E-state index contributed by atoms with van der Waals surface area (Å²) in [7, 11) is 0. The molecule has 31 heavy (non-hydrogen) atoms. The Morgan fingerprint density at radius 3 is 2.52 bits per heavy atom. The number of carbonyl (C=O) groups is 1. The number of anilines is 1. The number of aromatic nitrogens is 1. The zero-order valence-corrected chi connectivity index (χ0v) is 18.3. The number of ether oxygens (including phenoxy) is 1. The average molecular weight is 415 g/mol. The summed E-state index contributed by atoms with van der Waals surface area (Å²) in [6.07, 6.45) is 0.968. The molecule has 1 aromatic heterocycles. The first kappa shape index (κ1) is 20.7. The third-order valence-corrected chi connectivity index (χ3v) is 5.28. The molecule has 0 spiro atoms. The third kappa shape index (κ3) is 4.61. The number of carbonyl (C=O) groups excluding carboxylic acids is 1. The average Bonchev–Trinajstić information content (AvgIpc) is 3.18. The molecule has 158 valence electrons. The molecular formula is C26H26N2O3. The predicted molar refractivity (Wildman–Crippen MR) is 124 cm³/mol. The maximum Gasteiger partial charge on any atom is 0.262 e. The van der Waals surface area contributed by atoms with Crippen molar-refractivity contribution in [2.45, 2.75) is 34.1 Å². The van der Waals surface area contributed by atoms with E-state index < -0.39 is 0 Å². The lowest BCUT2D eigenvalue weighted by Gasteiger charge is -2.11. The maximum atomic E-state index is 12.5. The molecule has 0 radical (unpaired) electrons. The van der Waals surface area contributed by atoms with Gasteiger partial charge in [0.1, 0.15) is 11.3 Å². The van der Waals surface area contributed by atoms with E-state index in [1.54, 1.807) is 0 Å². The van der Waals surface area contributed by atoms with Gasteiger partial charge in [-0.15, -0.1) is 0 Å². The predicted octanol–water partition coefficient (Wildman–Crippen LogP) is 6.00. The summed E-state index contributed by atoms with van der Waals surface area (Å²) in [4.78, 5) is 17.1. The van der Waals surface area contributed by atoms with Gasteiger partial charge >= 0.3 is 0 Å². The van der Waals surface area contributed by atoms with E-state index in [0.717, 1.165) is 39.8 Å². The van der Waals surface area contributed by atoms with Gasteiger partial charge in [0.15, 0.2) is 12.2 Å². The van der Waals surface area contributed by atoms with E-state index in [0.29, 0.717) is 17.3 Å². The Morgan fingerprint density at radius 1 is 1.00 bits per heavy atom. The van der Waals surface area contributed by atoms with Gasteiger partial charge in [-0.3, -0.25) is 4.79 Å². The van der Waals surface area contributed by atoms with Crippen LogP contribution in [0.1, 0.15) is 29.2 Å². The van der Waals surface area contributed by atoms with Crippen LogP contribution in [0.25, 0.3) is 22.6 Å². The van der Waals surface area contributed by atoms with Crippen molar-refractivity contribution in [3.8, 4) is 17.2 Å². The highest BCUT2D eigenvalue weighted by Gasteiger charge is 2.13. The van der Waals surface area contributed by atoms with Crippen LogP contribution in [0.5, 0.6) is 5.75 Å². The molecule has 4 aromatic rings. The van der Waals surface area contributed by atoms with Gasteiger partial charge in [-0.2, -0.15) is 0 Å². The van der Waals surface area contributed by atoms with Crippen LogP contribution in [0.3, 0.4) is 0 Å². The van der Waals surface area contributed by atoms with Gasteiger partial charge < -0.3 is 14.5 Å². The van der Waals surface area contributed by atoms with Crippen molar-refractivity contribution in [2.24, 2.45) is 0 Å². The SMILES string of the molecule is CCc1ccc(OCC(=O)Nc2cc(-c3nc4cc(C)cc(C)c4o3)ccc2C)cc1. The van der Waals surface area contributed by atoms with Crippen molar-refractivity contribution < 1.29 is 13.9 Å². The number of hydrogen-bond acceptors (Lipinski definition) is 4. The second-order valence-corrected chi connectivity index (χ2v) is 7.81. The number of fused-ring (bicyclic) bond motifs is 1. The Labute approximate surface area is 182 Å². The third-order valence-electron chi connectivity index (χ3n) is 5.28. The van der Waals surface area contributed by atoms with Crippen LogP contribution in [0.15, 0.2) is 59.0 Å². The van der Waals surface area contributed by atoms with E-state index in [2.05, 4.69) is 23.3 Å². The van der Waals surface area contributed by atoms with Crippen LogP contribution in [-0.4, -0.2) is 17.5 Å². The van der Waals surface area contributed by atoms with Gasteiger partial charge in [0.25, 0.3) is 5.91 Å². The number of amides is 1. The number of benzene rings is 3. The van der Waals surface area contributed by atoms with E-state index >= 15 is 0 Å². The largest absolute Gasteiger partial charge is 0.484 e. The number of hydrogen-bond donors (Lipinski definition) is 1. The number of oxazole rings is 1. The van der Waals surface area contributed by atoms with E-state index in [1.807, 2.05) is 69.3 Å². The van der Waals surface area contributed by atoms with Crippen LogP contribution in [0.4, 0.5) is 5.69 Å². The number of aryl methyl sites for hydroxylation is 4. The quantitative estimate of drug-likeness (QED) is 0.420. The second kappa shape index (κ2) is 8.64. The first-order valence-electron chi connectivity index (χ1n) is 10.4. The molecule has 4 rings (SSSR count). The van der Waals surface area contributed by atoms with Gasteiger partial charge in [-0.1, -0.05) is 31.2 Å². The van der Waals surface area contributed by atoms with Crippen LogP contribution < -0.4 is 10.1 Å². The lowest BCUT2D eigenvalue weighted by molar-refractivity contribution is -0.118. The summed E-state index contributed by atoms with van der Waals surface area (Å²) in [6, 6.07) is 17.6. The minimum absolute atomic E-state index is 0.0590. The zero-order valence-electron chi connectivity index (χ0n) is 18.3. The fraction of sp³-hybridized carbons (Fsp3) is 0.231. The lowest BCUT2D eigenvalue weighted by Crippen LogP contribution is -2.20. The maximum absolute atomic E-state index is 12.5. The van der Waals surface area contributed by atoms with Gasteiger partial charge in [0.05, 0.1) is 0 Å². The number of nitrogens with zero attached hydrogens (tertiary/aromatic N) is 1. The molecular weight excluding hydrogens is 388 g/mol. The first-order chi connectivity index (χ1) is 14.9. The summed E-state index contributed by atoms with van der Waals surface area (Å²) in [5, 5.41) is 2.93. The summed E-state index contributed by atoms with van der Waals surface area (Å²) in [5.74, 6) is 0.991. The molecule has 0 bridgehead atoms. The van der Waals surface area contributed by atoms with Crippen molar-refractivity contribution in [3.05, 3.63) is 76.9 Å². The van der Waals surface area contributed by atoms with Crippen LogP contribution in [0, 0.1) is 20.8 Å². The van der Waals surface area contributed by atoms with Crippen molar-refractivity contribution in [3.63, 3.8) is 0 Å². The van der Waals surface area contributed by atoms with E-state index in [-0.39, 0.29) is 12.5 Å². The number of rotatable bonds is 6. The standard InChI is InChI=1S/C26H26N2O3/c1-5-19-7-10-21(11-8-19)30-15-24(29)27-22-14-20(9-6-17(22)3)26-28-23-13-16(2)12-18(4)25(23)31-26/h6-14H,5,15H2,1-4H3,(H,27,29). The van der Waals surface area contributed by atoms with Gasteiger partial charge in [0, 0.05) is 11.3 Å². The molecule has 1 heterocycles. The van der Waals surface area contributed by atoms with E-state index in [9.17, 15) is 4.79 Å².